The molecule has 1 amide bonds. The molecule has 0 aromatic carbocycles. The molecule has 2 aliphatic heterocycles. The normalized spacial score (nSPS) is 20.1. The summed E-state index contributed by atoms with van der Waals surface area (Å²) in [6.45, 7) is 4.39. The maximum atomic E-state index is 13.5. The highest BCUT2D eigenvalue weighted by atomic mass is 16.2. The molecule has 5 heterocycles. The maximum absolute atomic E-state index is 13.5. The van der Waals surface area contributed by atoms with Crippen LogP contribution in [0.4, 0.5) is 0 Å². The highest BCUT2D eigenvalue weighted by Crippen LogP contribution is 2.38. The number of nitrogens with one attached hydrogen (secondary N) is 1. The van der Waals surface area contributed by atoms with Crippen LogP contribution in [0.2, 0.25) is 0 Å². The smallest absolute Gasteiger partial charge is 0.256 e. The first kappa shape index (κ1) is 19.0. The average Bonchev–Trinajstić information content (AvgIpc) is 3.49. The molecule has 6 rings (SSSR count). The number of carbonyl (C=O) groups excluding carboxylic acids is 1. The molecule has 8 nitrogen and oxygen atoms in total. The number of hydrogen-bond donors (Lipinski definition) is 1. The molecule has 8 heteroatoms. The van der Waals surface area contributed by atoms with Crippen molar-refractivity contribution in [3.8, 4) is 0 Å². The Hall–Kier alpha value is -2.77. The van der Waals surface area contributed by atoms with Crippen molar-refractivity contribution >= 4 is 17.1 Å². The lowest BCUT2D eigenvalue weighted by molar-refractivity contribution is 0.0712. The summed E-state index contributed by atoms with van der Waals surface area (Å²) < 4.78 is 2.24. The van der Waals surface area contributed by atoms with Crippen LogP contribution in [0, 0.1) is 6.92 Å². The number of carbonyl (C=O) groups is 1. The number of pyridine rings is 1. The number of piperidine rings is 1. The summed E-state index contributed by atoms with van der Waals surface area (Å²) >= 11 is 0. The SMILES string of the molecule is Cc1cc(C(=O)N2CCC(c3nc(C4CC4)n[nH]3)CC2)c2nc3n(c2n1)CCCCC3. The molecule has 0 spiro atoms. The van der Waals surface area contributed by atoms with Gasteiger partial charge < -0.3 is 9.47 Å². The molecule has 0 bridgehead atoms. The van der Waals surface area contributed by atoms with Gasteiger partial charge in [-0.2, -0.15) is 5.10 Å². The Balaban J connectivity index is 1.23. The summed E-state index contributed by atoms with van der Waals surface area (Å²) in [5.41, 5.74) is 3.24. The summed E-state index contributed by atoms with van der Waals surface area (Å²) in [4.78, 5) is 29.9. The number of hydrogen-bond acceptors (Lipinski definition) is 5. The van der Waals surface area contributed by atoms with Crippen LogP contribution < -0.4 is 0 Å². The van der Waals surface area contributed by atoms with E-state index in [1.165, 1.54) is 19.3 Å². The van der Waals surface area contributed by atoms with Gasteiger partial charge in [-0.15, -0.1) is 0 Å². The Kier molecular flexibility index (Phi) is 4.54. The monoisotopic (exact) mass is 419 g/mol. The van der Waals surface area contributed by atoms with E-state index < -0.39 is 0 Å². The number of aromatic nitrogens is 6. The lowest BCUT2D eigenvalue weighted by Crippen LogP contribution is -2.38. The standard InChI is InChI=1S/C23H29N7O/c1-14-13-17(19-22(24-14)30-10-4-2-3-5-18(30)25-19)23(31)29-11-8-16(9-12-29)21-26-20(27-28-21)15-6-7-15/h13,15-16H,2-12H2,1H3,(H,26,27,28). The molecule has 1 saturated heterocycles. The third-order valence-corrected chi connectivity index (χ3v) is 7.05. The van der Waals surface area contributed by atoms with Crippen molar-refractivity contribution in [3.63, 3.8) is 0 Å². The Morgan fingerprint density at radius 3 is 2.65 bits per heavy atom. The lowest BCUT2D eigenvalue weighted by Gasteiger charge is -2.31. The zero-order valence-electron chi connectivity index (χ0n) is 18.1. The number of aryl methyl sites for hydroxylation is 3. The van der Waals surface area contributed by atoms with E-state index in [1.54, 1.807) is 0 Å². The molecule has 3 aliphatic rings. The Morgan fingerprint density at radius 2 is 1.84 bits per heavy atom. The van der Waals surface area contributed by atoms with E-state index in [4.69, 9.17) is 15.0 Å². The molecule has 31 heavy (non-hydrogen) atoms. The molecule has 1 N–H and O–H groups in total. The predicted octanol–water partition coefficient (Wildman–Crippen LogP) is 3.48. The summed E-state index contributed by atoms with van der Waals surface area (Å²) in [7, 11) is 0. The fourth-order valence-corrected chi connectivity index (χ4v) is 5.10. The van der Waals surface area contributed by atoms with Gasteiger partial charge in [0, 0.05) is 43.6 Å². The van der Waals surface area contributed by atoms with E-state index in [9.17, 15) is 4.79 Å². The number of rotatable bonds is 3. The summed E-state index contributed by atoms with van der Waals surface area (Å²) in [5.74, 6) is 4.05. The van der Waals surface area contributed by atoms with Gasteiger partial charge >= 0.3 is 0 Å². The quantitative estimate of drug-likeness (QED) is 0.702. The Bertz CT molecular complexity index is 1130. The van der Waals surface area contributed by atoms with Gasteiger partial charge in [0.15, 0.2) is 11.5 Å². The lowest BCUT2D eigenvalue weighted by atomic mass is 9.95. The summed E-state index contributed by atoms with van der Waals surface area (Å²) in [6.07, 6.45) is 8.75. The number of H-pyrrole nitrogens is 1. The van der Waals surface area contributed by atoms with E-state index in [2.05, 4.69) is 14.8 Å². The minimum Gasteiger partial charge on any atom is -0.339 e. The van der Waals surface area contributed by atoms with Crippen molar-refractivity contribution in [2.75, 3.05) is 13.1 Å². The zero-order valence-corrected chi connectivity index (χ0v) is 18.1. The van der Waals surface area contributed by atoms with Crippen molar-refractivity contribution in [3.05, 3.63) is 34.8 Å². The van der Waals surface area contributed by atoms with Crippen LogP contribution in [0.5, 0.6) is 0 Å². The minimum atomic E-state index is 0.0819. The number of aromatic amines is 1. The molecule has 0 atom stereocenters. The van der Waals surface area contributed by atoms with E-state index in [0.717, 1.165) is 86.1 Å². The highest BCUT2D eigenvalue weighted by molar-refractivity contribution is 6.04. The third-order valence-electron chi connectivity index (χ3n) is 7.05. The number of likely N-dealkylation sites (tertiary alicyclic amines) is 1. The van der Waals surface area contributed by atoms with Gasteiger partial charge in [-0.25, -0.2) is 15.0 Å². The fraction of sp³-hybridized carbons (Fsp3) is 0.609. The van der Waals surface area contributed by atoms with Gasteiger partial charge in [-0.3, -0.25) is 9.89 Å². The van der Waals surface area contributed by atoms with Crippen LogP contribution in [0.15, 0.2) is 6.07 Å². The number of amides is 1. The first-order chi connectivity index (χ1) is 15.2. The van der Waals surface area contributed by atoms with Crippen LogP contribution in [0.25, 0.3) is 11.2 Å². The van der Waals surface area contributed by atoms with Gasteiger partial charge in [0.25, 0.3) is 5.91 Å². The molecule has 162 valence electrons. The van der Waals surface area contributed by atoms with Crippen LogP contribution in [-0.2, 0) is 13.0 Å². The Morgan fingerprint density at radius 1 is 1.00 bits per heavy atom. The minimum absolute atomic E-state index is 0.0819. The maximum Gasteiger partial charge on any atom is 0.256 e. The van der Waals surface area contributed by atoms with Gasteiger partial charge in [0.2, 0.25) is 0 Å². The van der Waals surface area contributed by atoms with E-state index in [-0.39, 0.29) is 5.91 Å². The average molecular weight is 420 g/mol. The predicted molar refractivity (Wildman–Crippen MR) is 116 cm³/mol. The van der Waals surface area contributed by atoms with Gasteiger partial charge in [-0.1, -0.05) is 6.42 Å². The Labute approximate surface area is 181 Å². The first-order valence-corrected chi connectivity index (χ1v) is 11.8. The number of nitrogens with zero attached hydrogens (tertiary/aromatic N) is 6. The highest BCUT2D eigenvalue weighted by Gasteiger charge is 2.32. The molecular weight excluding hydrogens is 390 g/mol. The molecule has 1 aliphatic carbocycles. The number of fused-ring (bicyclic) bond motifs is 3. The van der Waals surface area contributed by atoms with E-state index >= 15 is 0 Å². The molecule has 1 saturated carbocycles. The molecule has 3 aromatic heterocycles. The van der Waals surface area contributed by atoms with Crippen molar-refractivity contribution < 1.29 is 4.79 Å². The molecule has 0 radical (unpaired) electrons. The van der Waals surface area contributed by atoms with Crippen LogP contribution in [-0.4, -0.2) is 53.6 Å². The summed E-state index contributed by atoms with van der Waals surface area (Å²) in [6, 6.07) is 1.92. The van der Waals surface area contributed by atoms with Gasteiger partial charge in [0.1, 0.15) is 17.2 Å². The van der Waals surface area contributed by atoms with Crippen molar-refractivity contribution in [1.82, 2.24) is 34.6 Å². The molecule has 0 unspecified atom stereocenters. The van der Waals surface area contributed by atoms with Crippen molar-refractivity contribution in [1.29, 1.82) is 0 Å². The van der Waals surface area contributed by atoms with Crippen LogP contribution in [0.1, 0.15) is 90.3 Å². The second kappa shape index (κ2) is 7.43. The van der Waals surface area contributed by atoms with Crippen LogP contribution >= 0.6 is 0 Å². The second-order valence-electron chi connectivity index (χ2n) is 9.39. The van der Waals surface area contributed by atoms with Gasteiger partial charge in [0.05, 0.1) is 5.56 Å². The van der Waals surface area contributed by atoms with E-state index in [0.29, 0.717) is 17.4 Å². The van der Waals surface area contributed by atoms with Crippen molar-refractivity contribution in [2.45, 2.75) is 76.7 Å². The fourth-order valence-electron chi connectivity index (χ4n) is 5.10. The van der Waals surface area contributed by atoms with Crippen molar-refractivity contribution in [2.24, 2.45) is 0 Å². The first-order valence-electron chi connectivity index (χ1n) is 11.8. The van der Waals surface area contributed by atoms with E-state index in [1.807, 2.05) is 17.9 Å². The third kappa shape index (κ3) is 3.42. The molecule has 3 aromatic rings. The largest absolute Gasteiger partial charge is 0.339 e. The molecular formula is C23H29N7O. The van der Waals surface area contributed by atoms with Crippen LogP contribution in [0.3, 0.4) is 0 Å². The zero-order chi connectivity index (χ0) is 20.9. The van der Waals surface area contributed by atoms with Gasteiger partial charge in [-0.05, 0) is 51.5 Å². The topological polar surface area (TPSA) is 92.6 Å². The second-order valence-corrected chi connectivity index (χ2v) is 9.39. The molecule has 2 fully saturated rings. The number of imidazole rings is 1. The summed E-state index contributed by atoms with van der Waals surface area (Å²) in [5, 5.41) is 7.55.